The lowest BCUT2D eigenvalue weighted by molar-refractivity contribution is -0.122. The van der Waals surface area contributed by atoms with E-state index < -0.39 is 0 Å². The predicted molar refractivity (Wildman–Crippen MR) is 48.7 cm³/mol. The Hall–Kier alpha value is -0.280. The molecule has 1 unspecified atom stereocenters. The van der Waals surface area contributed by atoms with Crippen LogP contribution in [-0.4, -0.2) is 19.0 Å². The Bertz CT molecular complexity index is 117. The highest BCUT2D eigenvalue weighted by molar-refractivity contribution is 5.85. The van der Waals surface area contributed by atoms with Gasteiger partial charge in [0.15, 0.2) is 0 Å². The van der Waals surface area contributed by atoms with E-state index in [1.807, 2.05) is 13.8 Å². The zero-order valence-electron chi connectivity index (χ0n) is 7.26. The van der Waals surface area contributed by atoms with E-state index in [9.17, 15) is 4.79 Å². The number of rotatable bonds is 3. The van der Waals surface area contributed by atoms with Crippen molar-refractivity contribution in [1.29, 1.82) is 0 Å². The van der Waals surface area contributed by atoms with Crippen LogP contribution in [0.25, 0.3) is 0 Å². The van der Waals surface area contributed by atoms with Crippen molar-refractivity contribution in [2.45, 2.75) is 26.3 Å². The topological polar surface area (TPSA) is 55.1 Å². The molecule has 0 aromatic rings. The third-order valence-electron chi connectivity index (χ3n) is 1.31. The van der Waals surface area contributed by atoms with Crippen LogP contribution < -0.4 is 11.1 Å². The fourth-order valence-corrected chi connectivity index (χ4v) is 0.800. The molecule has 0 rings (SSSR count). The van der Waals surface area contributed by atoms with Gasteiger partial charge in [0.1, 0.15) is 0 Å². The number of hydrogen-bond donors (Lipinski definition) is 2. The Kier molecular flexibility index (Phi) is 7.79. The molecular weight excluding hydrogens is 164 g/mol. The normalized spacial score (nSPS) is 12.1. The van der Waals surface area contributed by atoms with Crippen molar-refractivity contribution in [2.24, 2.45) is 11.7 Å². The van der Waals surface area contributed by atoms with Crippen LogP contribution in [0.2, 0.25) is 0 Å². The van der Waals surface area contributed by atoms with Gasteiger partial charge in [-0.3, -0.25) is 4.79 Å². The fraction of sp³-hybridized carbons (Fsp3) is 0.857. The third kappa shape index (κ3) is 6.13. The van der Waals surface area contributed by atoms with Gasteiger partial charge in [-0.25, -0.2) is 0 Å². The number of likely N-dealkylation sites (N-methyl/N-ethyl adjacent to an activating group) is 1. The van der Waals surface area contributed by atoms with E-state index in [1.54, 1.807) is 7.05 Å². The molecule has 1 amide bonds. The monoisotopic (exact) mass is 180 g/mol. The first kappa shape index (κ1) is 13.3. The van der Waals surface area contributed by atoms with E-state index in [0.717, 1.165) is 6.42 Å². The van der Waals surface area contributed by atoms with E-state index >= 15 is 0 Å². The summed E-state index contributed by atoms with van der Waals surface area (Å²) in [4.78, 5) is 10.8. The van der Waals surface area contributed by atoms with Gasteiger partial charge in [0.05, 0.1) is 6.04 Å². The first-order chi connectivity index (χ1) is 4.57. The molecule has 68 valence electrons. The summed E-state index contributed by atoms with van der Waals surface area (Å²) in [5.74, 6) is 0.404. The molecule has 3 N–H and O–H groups in total. The van der Waals surface area contributed by atoms with Crippen LogP contribution >= 0.6 is 12.4 Å². The average molecular weight is 181 g/mol. The van der Waals surface area contributed by atoms with Crippen molar-refractivity contribution in [1.82, 2.24) is 5.32 Å². The molecule has 0 fully saturated rings. The van der Waals surface area contributed by atoms with Gasteiger partial charge < -0.3 is 11.1 Å². The van der Waals surface area contributed by atoms with E-state index in [0.29, 0.717) is 5.92 Å². The Morgan fingerprint density at radius 2 is 2.00 bits per heavy atom. The summed E-state index contributed by atoms with van der Waals surface area (Å²) in [7, 11) is 1.60. The Balaban J connectivity index is 0. The molecule has 11 heavy (non-hydrogen) atoms. The number of hydrogen-bond acceptors (Lipinski definition) is 2. The molecule has 0 aliphatic rings. The molecule has 0 aliphatic carbocycles. The molecule has 0 saturated heterocycles. The van der Waals surface area contributed by atoms with E-state index in [1.165, 1.54) is 0 Å². The minimum atomic E-state index is -0.343. The summed E-state index contributed by atoms with van der Waals surface area (Å²) >= 11 is 0. The maximum absolute atomic E-state index is 10.8. The van der Waals surface area contributed by atoms with E-state index in [2.05, 4.69) is 5.32 Å². The van der Waals surface area contributed by atoms with Gasteiger partial charge >= 0.3 is 0 Å². The van der Waals surface area contributed by atoms with Gasteiger partial charge in [-0.1, -0.05) is 13.8 Å². The summed E-state index contributed by atoms with van der Waals surface area (Å²) in [6.45, 7) is 4.09. The van der Waals surface area contributed by atoms with Crippen molar-refractivity contribution in [3.05, 3.63) is 0 Å². The van der Waals surface area contributed by atoms with Gasteiger partial charge in [0.2, 0.25) is 5.91 Å². The molecule has 0 aromatic carbocycles. The van der Waals surface area contributed by atoms with Crippen LogP contribution in [0.5, 0.6) is 0 Å². The summed E-state index contributed by atoms with van der Waals surface area (Å²) in [5, 5.41) is 2.51. The summed E-state index contributed by atoms with van der Waals surface area (Å²) < 4.78 is 0. The van der Waals surface area contributed by atoms with Crippen molar-refractivity contribution in [3.8, 4) is 0 Å². The molecule has 0 aliphatic heterocycles. The van der Waals surface area contributed by atoms with E-state index in [-0.39, 0.29) is 24.4 Å². The van der Waals surface area contributed by atoms with Crippen LogP contribution in [0.15, 0.2) is 0 Å². The molecule has 4 heteroatoms. The van der Waals surface area contributed by atoms with Crippen molar-refractivity contribution in [3.63, 3.8) is 0 Å². The van der Waals surface area contributed by atoms with Gasteiger partial charge in [-0.15, -0.1) is 12.4 Å². The number of nitrogens with two attached hydrogens (primary N) is 1. The first-order valence-corrected chi connectivity index (χ1v) is 3.55. The van der Waals surface area contributed by atoms with Gasteiger partial charge in [0, 0.05) is 7.05 Å². The van der Waals surface area contributed by atoms with Gasteiger partial charge in [-0.2, -0.15) is 0 Å². The molecule has 0 radical (unpaired) electrons. The number of carbonyl (C=O) groups is 1. The predicted octanol–water partition coefficient (Wildman–Crippen LogP) is 0.528. The minimum absolute atomic E-state index is 0. The summed E-state index contributed by atoms with van der Waals surface area (Å²) in [6.07, 6.45) is 0.750. The molecule has 0 spiro atoms. The van der Waals surface area contributed by atoms with Gasteiger partial charge in [-0.05, 0) is 12.3 Å². The lowest BCUT2D eigenvalue weighted by Crippen LogP contribution is -2.39. The second-order valence-electron chi connectivity index (χ2n) is 2.85. The van der Waals surface area contributed by atoms with Crippen LogP contribution in [0.1, 0.15) is 20.3 Å². The van der Waals surface area contributed by atoms with Crippen LogP contribution in [-0.2, 0) is 4.79 Å². The first-order valence-electron chi connectivity index (χ1n) is 3.55. The highest BCUT2D eigenvalue weighted by Gasteiger charge is 2.11. The number of nitrogens with one attached hydrogen (secondary N) is 1. The Morgan fingerprint density at radius 1 is 1.55 bits per heavy atom. The van der Waals surface area contributed by atoms with Crippen molar-refractivity contribution >= 4 is 18.3 Å². The van der Waals surface area contributed by atoms with Gasteiger partial charge in [0.25, 0.3) is 0 Å². The molecule has 0 aromatic heterocycles. The van der Waals surface area contributed by atoms with Crippen LogP contribution in [0.4, 0.5) is 0 Å². The standard InChI is InChI=1S/C7H16N2O.ClH/c1-5(2)4-6(8)7(10)9-3;/h5-6H,4,8H2,1-3H3,(H,9,10);1H. The highest BCUT2D eigenvalue weighted by atomic mass is 35.5. The quantitative estimate of drug-likeness (QED) is 0.666. The van der Waals surface area contributed by atoms with E-state index in [4.69, 9.17) is 5.73 Å². The number of amides is 1. The van der Waals surface area contributed by atoms with Crippen molar-refractivity contribution in [2.75, 3.05) is 7.05 Å². The maximum atomic E-state index is 10.8. The third-order valence-corrected chi connectivity index (χ3v) is 1.31. The average Bonchev–Trinajstić information content (AvgIpc) is 1.85. The van der Waals surface area contributed by atoms with Crippen molar-refractivity contribution < 1.29 is 4.79 Å². The second-order valence-corrected chi connectivity index (χ2v) is 2.85. The lowest BCUT2D eigenvalue weighted by atomic mass is 10.0. The smallest absolute Gasteiger partial charge is 0.236 e. The molecular formula is C7H17ClN2O. The molecule has 0 bridgehead atoms. The summed E-state index contributed by atoms with van der Waals surface area (Å²) in [5.41, 5.74) is 5.52. The molecule has 0 heterocycles. The minimum Gasteiger partial charge on any atom is -0.358 e. The highest BCUT2D eigenvalue weighted by Crippen LogP contribution is 2.01. The number of carbonyl (C=O) groups excluding carboxylic acids is 1. The fourth-order valence-electron chi connectivity index (χ4n) is 0.800. The second kappa shape index (κ2) is 6.43. The zero-order valence-corrected chi connectivity index (χ0v) is 8.07. The Morgan fingerprint density at radius 3 is 2.27 bits per heavy atom. The zero-order chi connectivity index (χ0) is 8.15. The lowest BCUT2D eigenvalue weighted by Gasteiger charge is -2.11. The SMILES string of the molecule is CNC(=O)C(N)CC(C)C.Cl. The molecule has 3 nitrogen and oxygen atoms in total. The molecule has 1 atom stereocenters. The van der Waals surface area contributed by atoms with Crippen LogP contribution in [0.3, 0.4) is 0 Å². The number of halogens is 1. The molecule has 0 saturated carbocycles. The van der Waals surface area contributed by atoms with Crippen LogP contribution in [0, 0.1) is 5.92 Å². The summed E-state index contributed by atoms with van der Waals surface area (Å²) in [6, 6.07) is -0.343. The maximum Gasteiger partial charge on any atom is 0.236 e. The largest absolute Gasteiger partial charge is 0.358 e. The Labute approximate surface area is 74.1 Å².